The van der Waals surface area contributed by atoms with Crippen molar-refractivity contribution in [3.8, 4) is 11.3 Å². The van der Waals surface area contributed by atoms with Crippen molar-refractivity contribution in [2.24, 2.45) is 0 Å². The first-order valence-corrected chi connectivity index (χ1v) is 8.27. The van der Waals surface area contributed by atoms with Crippen LogP contribution in [0.1, 0.15) is 24.5 Å². The van der Waals surface area contributed by atoms with Gasteiger partial charge in [0.2, 0.25) is 0 Å². The zero-order valence-corrected chi connectivity index (χ0v) is 12.8. The zero-order valence-electron chi connectivity index (χ0n) is 12.8. The summed E-state index contributed by atoms with van der Waals surface area (Å²) in [5.41, 5.74) is 2.74. The van der Waals surface area contributed by atoms with Gasteiger partial charge in [-0.15, -0.1) is 0 Å². The van der Waals surface area contributed by atoms with Crippen LogP contribution in [-0.2, 0) is 6.54 Å². The molecule has 1 aliphatic carbocycles. The second-order valence-electron chi connectivity index (χ2n) is 6.53. The molecule has 4 heteroatoms. The highest BCUT2D eigenvalue weighted by Gasteiger charge is 2.40. The molecule has 116 valence electrons. The summed E-state index contributed by atoms with van der Waals surface area (Å²) in [6.45, 7) is 1.76. The summed E-state index contributed by atoms with van der Waals surface area (Å²) in [5, 5.41) is 4.58. The van der Waals surface area contributed by atoms with Crippen molar-refractivity contribution in [2.45, 2.75) is 31.3 Å². The van der Waals surface area contributed by atoms with Gasteiger partial charge in [0.1, 0.15) is 11.3 Å². The van der Waals surface area contributed by atoms with E-state index in [1.807, 2.05) is 41.0 Å². The van der Waals surface area contributed by atoms with Crippen molar-refractivity contribution in [2.75, 3.05) is 6.54 Å². The first-order valence-electron chi connectivity index (χ1n) is 8.27. The second-order valence-corrected chi connectivity index (χ2v) is 6.53. The highest BCUT2D eigenvalue weighted by Crippen LogP contribution is 2.41. The third-order valence-electron chi connectivity index (χ3n) is 5.03. The van der Waals surface area contributed by atoms with Crippen LogP contribution in [0.5, 0.6) is 0 Å². The molecule has 0 amide bonds. The largest absolute Gasteiger partial charge is 0.456 e. The molecule has 3 aromatic rings. The number of hydrogen-bond acceptors (Lipinski definition) is 3. The standard InChI is InChI=1S/C19H18N2O2/c22-19-13(18-10-12-4-1-2-5-17(12)23-18)6-7-16-14-11-15(14)20-8-3-9-21(16)19/h1-2,4-7,10,14-15,20H,3,8-9,11H2. The predicted octanol–water partition coefficient (Wildman–Crippen LogP) is 3.11. The molecular formula is C19H18N2O2. The Kier molecular flexibility index (Phi) is 2.76. The van der Waals surface area contributed by atoms with Crippen molar-refractivity contribution >= 4 is 11.0 Å². The Labute approximate surface area is 133 Å². The maximum Gasteiger partial charge on any atom is 0.261 e. The lowest BCUT2D eigenvalue weighted by atomic mass is 10.1. The topological polar surface area (TPSA) is 47.2 Å². The van der Waals surface area contributed by atoms with Gasteiger partial charge in [0.05, 0.1) is 5.56 Å². The van der Waals surface area contributed by atoms with Crippen molar-refractivity contribution in [3.05, 3.63) is 58.5 Å². The highest BCUT2D eigenvalue weighted by atomic mass is 16.3. The maximum atomic E-state index is 13.0. The number of nitrogens with zero attached hydrogens (tertiary/aromatic N) is 1. The molecule has 2 unspecified atom stereocenters. The number of para-hydroxylation sites is 1. The van der Waals surface area contributed by atoms with Crippen molar-refractivity contribution in [1.82, 2.24) is 9.88 Å². The smallest absolute Gasteiger partial charge is 0.261 e. The number of pyridine rings is 1. The molecule has 1 aromatic carbocycles. The molecule has 2 aromatic heterocycles. The lowest BCUT2D eigenvalue weighted by Gasteiger charge is -2.17. The molecule has 5 rings (SSSR count). The summed E-state index contributed by atoms with van der Waals surface area (Å²) in [4.78, 5) is 13.0. The van der Waals surface area contributed by atoms with Gasteiger partial charge in [-0.1, -0.05) is 18.2 Å². The van der Waals surface area contributed by atoms with E-state index in [1.165, 1.54) is 5.69 Å². The van der Waals surface area contributed by atoms with Crippen molar-refractivity contribution < 1.29 is 4.42 Å². The van der Waals surface area contributed by atoms with Gasteiger partial charge >= 0.3 is 0 Å². The molecule has 0 radical (unpaired) electrons. The van der Waals surface area contributed by atoms with E-state index < -0.39 is 0 Å². The zero-order chi connectivity index (χ0) is 15.4. The van der Waals surface area contributed by atoms with Gasteiger partial charge in [0.15, 0.2) is 0 Å². The summed E-state index contributed by atoms with van der Waals surface area (Å²) in [7, 11) is 0. The van der Waals surface area contributed by atoms with Crippen LogP contribution in [0.3, 0.4) is 0 Å². The first kappa shape index (κ1) is 13.1. The fourth-order valence-corrected chi connectivity index (χ4v) is 3.72. The maximum absolute atomic E-state index is 13.0. The Morgan fingerprint density at radius 1 is 1.17 bits per heavy atom. The summed E-state index contributed by atoms with van der Waals surface area (Å²) in [5.74, 6) is 1.16. The Morgan fingerprint density at radius 2 is 2.09 bits per heavy atom. The van der Waals surface area contributed by atoms with Gasteiger partial charge in [-0.3, -0.25) is 4.79 Å². The molecule has 23 heavy (non-hydrogen) atoms. The number of hydrogen-bond donors (Lipinski definition) is 1. The minimum Gasteiger partial charge on any atom is -0.456 e. The van der Waals surface area contributed by atoms with E-state index in [0.29, 0.717) is 23.3 Å². The van der Waals surface area contributed by atoms with E-state index >= 15 is 0 Å². The van der Waals surface area contributed by atoms with Crippen LogP contribution in [0.25, 0.3) is 22.3 Å². The average molecular weight is 306 g/mol. The van der Waals surface area contributed by atoms with Crippen LogP contribution in [0, 0.1) is 0 Å². The quantitative estimate of drug-likeness (QED) is 0.751. The summed E-state index contributed by atoms with van der Waals surface area (Å²) in [6, 6.07) is 14.4. The highest BCUT2D eigenvalue weighted by molar-refractivity contribution is 5.82. The fourth-order valence-electron chi connectivity index (χ4n) is 3.72. The minimum atomic E-state index is 0.0779. The Morgan fingerprint density at radius 3 is 3.00 bits per heavy atom. The molecule has 0 saturated heterocycles. The molecule has 3 heterocycles. The monoisotopic (exact) mass is 306 g/mol. The molecule has 0 spiro atoms. The molecule has 4 nitrogen and oxygen atoms in total. The summed E-state index contributed by atoms with van der Waals surface area (Å²) < 4.78 is 7.86. The molecule has 1 saturated carbocycles. The molecule has 1 aliphatic heterocycles. The second kappa shape index (κ2) is 4.83. The fraction of sp³-hybridized carbons (Fsp3) is 0.316. The molecular weight excluding hydrogens is 288 g/mol. The van der Waals surface area contributed by atoms with Gasteiger partial charge < -0.3 is 14.3 Å². The van der Waals surface area contributed by atoms with Crippen LogP contribution in [0.2, 0.25) is 0 Å². The van der Waals surface area contributed by atoms with Gasteiger partial charge in [0, 0.05) is 29.6 Å². The average Bonchev–Trinajstić information content (AvgIpc) is 3.16. The van der Waals surface area contributed by atoms with E-state index in [4.69, 9.17) is 4.42 Å². The van der Waals surface area contributed by atoms with E-state index in [9.17, 15) is 4.79 Å². The van der Waals surface area contributed by atoms with Gasteiger partial charge in [-0.05, 0) is 43.7 Å². The number of rotatable bonds is 1. The first-order chi connectivity index (χ1) is 11.3. The predicted molar refractivity (Wildman–Crippen MR) is 89.7 cm³/mol. The van der Waals surface area contributed by atoms with Gasteiger partial charge in [-0.25, -0.2) is 0 Å². The van der Waals surface area contributed by atoms with Gasteiger partial charge in [0.25, 0.3) is 5.56 Å². The molecule has 1 fully saturated rings. The van der Waals surface area contributed by atoms with Crippen LogP contribution in [0.4, 0.5) is 0 Å². The molecule has 2 atom stereocenters. The Bertz CT molecular complexity index is 920. The van der Waals surface area contributed by atoms with Crippen LogP contribution < -0.4 is 10.9 Å². The summed E-state index contributed by atoms with van der Waals surface area (Å²) in [6.07, 6.45) is 2.13. The van der Waals surface area contributed by atoms with Crippen LogP contribution in [0.15, 0.2) is 51.7 Å². The minimum absolute atomic E-state index is 0.0779. The van der Waals surface area contributed by atoms with E-state index in [-0.39, 0.29) is 5.56 Å². The number of furan rings is 1. The summed E-state index contributed by atoms with van der Waals surface area (Å²) >= 11 is 0. The van der Waals surface area contributed by atoms with Gasteiger partial charge in [-0.2, -0.15) is 0 Å². The number of benzene rings is 1. The Hall–Kier alpha value is -2.33. The van der Waals surface area contributed by atoms with E-state index in [0.717, 1.165) is 36.9 Å². The normalized spacial score (nSPS) is 23.0. The van der Waals surface area contributed by atoms with E-state index in [1.54, 1.807) is 0 Å². The molecule has 2 aliphatic rings. The number of nitrogens with one attached hydrogen (secondary N) is 1. The Balaban J connectivity index is 1.66. The van der Waals surface area contributed by atoms with E-state index in [2.05, 4.69) is 11.4 Å². The SMILES string of the molecule is O=c1c(-c2cc3ccccc3o2)ccc2n1CCCNC1CC21. The van der Waals surface area contributed by atoms with Crippen LogP contribution in [-0.4, -0.2) is 17.2 Å². The molecule has 1 N–H and O–H groups in total. The lowest BCUT2D eigenvalue weighted by Crippen LogP contribution is -2.30. The molecule has 0 bridgehead atoms. The number of aromatic nitrogens is 1. The third-order valence-corrected chi connectivity index (χ3v) is 5.03. The number of fused-ring (bicyclic) bond motifs is 4. The third kappa shape index (κ3) is 2.05. The van der Waals surface area contributed by atoms with Crippen molar-refractivity contribution in [1.29, 1.82) is 0 Å². The van der Waals surface area contributed by atoms with Crippen LogP contribution >= 0.6 is 0 Å². The van der Waals surface area contributed by atoms with Crippen molar-refractivity contribution in [3.63, 3.8) is 0 Å². The lowest BCUT2D eigenvalue weighted by molar-refractivity contribution is 0.522.